The second-order valence-electron chi connectivity index (χ2n) is 6.50. The first-order valence-corrected chi connectivity index (χ1v) is 8.60. The van der Waals surface area contributed by atoms with Gasteiger partial charge in [-0.1, -0.05) is 6.42 Å². The van der Waals surface area contributed by atoms with Crippen LogP contribution in [-0.2, 0) is 11.3 Å². The van der Waals surface area contributed by atoms with Gasteiger partial charge in [-0.05, 0) is 39.3 Å². The predicted octanol–water partition coefficient (Wildman–Crippen LogP) is 2.46. The summed E-state index contributed by atoms with van der Waals surface area (Å²) in [6.07, 6.45) is 7.02. The Hall–Kier alpha value is -2.59. The van der Waals surface area contributed by atoms with Crippen LogP contribution in [0.25, 0.3) is 0 Å². The normalized spacial score (nSPS) is 18.0. The Morgan fingerprint density at radius 2 is 2.32 bits per heavy atom. The second kappa shape index (κ2) is 7.53. The highest BCUT2D eigenvalue weighted by Crippen LogP contribution is 2.25. The number of likely N-dealkylation sites (tertiary alicyclic amines) is 1. The van der Waals surface area contributed by atoms with Crippen molar-refractivity contribution in [2.75, 3.05) is 18.4 Å². The lowest BCUT2D eigenvalue weighted by molar-refractivity contribution is -0.118. The number of amides is 1. The molecule has 132 valence electrons. The topological polar surface area (TPSA) is 87.1 Å². The number of nitriles is 1. The average molecular weight is 341 g/mol. The van der Waals surface area contributed by atoms with Crippen LogP contribution in [0, 0.1) is 25.2 Å². The van der Waals surface area contributed by atoms with Crippen molar-refractivity contribution in [1.82, 2.24) is 14.7 Å². The molecule has 0 aliphatic carbocycles. The van der Waals surface area contributed by atoms with Crippen LogP contribution in [0.5, 0.6) is 0 Å². The second-order valence-corrected chi connectivity index (χ2v) is 6.50. The SMILES string of the molecule is Cc1oc(NC(=O)CN2CCCCC2Cn2cccn2)c(C#N)c1C. The Bertz CT molecular complexity index is 772. The molecule has 0 aromatic carbocycles. The first kappa shape index (κ1) is 17.2. The number of hydrogen-bond donors (Lipinski definition) is 1. The summed E-state index contributed by atoms with van der Waals surface area (Å²) in [6.45, 7) is 5.56. The fourth-order valence-electron chi connectivity index (χ4n) is 3.30. The van der Waals surface area contributed by atoms with Crippen molar-refractivity contribution in [3.63, 3.8) is 0 Å². The zero-order chi connectivity index (χ0) is 17.8. The highest BCUT2D eigenvalue weighted by atomic mass is 16.4. The summed E-state index contributed by atoms with van der Waals surface area (Å²) >= 11 is 0. The number of furan rings is 1. The van der Waals surface area contributed by atoms with E-state index in [9.17, 15) is 10.1 Å². The van der Waals surface area contributed by atoms with Gasteiger partial charge in [-0.3, -0.25) is 19.7 Å². The van der Waals surface area contributed by atoms with E-state index in [4.69, 9.17) is 4.42 Å². The van der Waals surface area contributed by atoms with E-state index in [0.29, 0.717) is 11.3 Å². The van der Waals surface area contributed by atoms with E-state index >= 15 is 0 Å². The third kappa shape index (κ3) is 3.91. The number of carbonyl (C=O) groups is 1. The van der Waals surface area contributed by atoms with Crippen LogP contribution in [0.3, 0.4) is 0 Å². The van der Waals surface area contributed by atoms with Crippen molar-refractivity contribution in [1.29, 1.82) is 5.26 Å². The number of anilines is 1. The van der Waals surface area contributed by atoms with Gasteiger partial charge >= 0.3 is 0 Å². The van der Waals surface area contributed by atoms with Crippen molar-refractivity contribution in [2.45, 2.75) is 45.7 Å². The van der Waals surface area contributed by atoms with Gasteiger partial charge in [0.25, 0.3) is 0 Å². The molecule has 1 aliphatic rings. The minimum atomic E-state index is -0.155. The van der Waals surface area contributed by atoms with Crippen LogP contribution in [0.15, 0.2) is 22.9 Å². The van der Waals surface area contributed by atoms with E-state index in [-0.39, 0.29) is 24.4 Å². The van der Waals surface area contributed by atoms with Gasteiger partial charge in [0.05, 0.1) is 13.1 Å². The highest BCUT2D eigenvalue weighted by molar-refractivity contribution is 5.92. The smallest absolute Gasteiger partial charge is 0.240 e. The molecule has 3 rings (SSSR count). The number of aryl methyl sites for hydroxylation is 1. The molecule has 1 N–H and O–H groups in total. The van der Waals surface area contributed by atoms with Crippen LogP contribution in [-0.4, -0.2) is 39.7 Å². The van der Waals surface area contributed by atoms with Crippen LogP contribution in [0.4, 0.5) is 5.88 Å². The molecule has 2 aromatic rings. The van der Waals surface area contributed by atoms with E-state index in [2.05, 4.69) is 21.4 Å². The van der Waals surface area contributed by atoms with Crippen LogP contribution in [0.1, 0.15) is 36.1 Å². The summed E-state index contributed by atoms with van der Waals surface area (Å²) in [4.78, 5) is 14.7. The quantitative estimate of drug-likeness (QED) is 0.902. The molecule has 1 amide bonds. The van der Waals surface area contributed by atoms with Crippen molar-refractivity contribution in [3.8, 4) is 6.07 Å². The Morgan fingerprint density at radius 3 is 3.04 bits per heavy atom. The lowest BCUT2D eigenvalue weighted by atomic mass is 10.0. The van der Waals surface area contributed by atoms with Gasteiger partial charge in [-0.15, -0.1) is 0 Å². The maximum atomic E-state index is 12.5. The van der Waals surface area contributed by atoms with E-state index in [1.54, 1.807) is 13.1 Å². The molecular formula is C18H23N5O2. The number of rotatable bonds is 5. The van der Waals surface area contributed by atoms with Crippen molar-refractivity contribution in [2.24, 2.45) is 0 Å². The van der Waals surface area contributed by atoms with Gasteiger partial charge in [0.1, 0.15) is 17.4 Å². The molecule has 1 aliphatic heterocycles. The first-order valence-electron chi connectivity index (χ1n) is 8.60. The Labute approximate surface area is 147 Å². The molecule has 0 bridgehead atoms. The van der Waals surface area contributed by atoms with Crippen LogP contribution < -0.4 is 5.32 Å². The number of piperidine rings is 1. The van der Waals surface area contributed by atoms with Crippen LogP contribution >= 0.6 is 0 Å². The number of nitrogens with one attached hydrogen (secondary N) is 1. The number of nitrogens with zero attached hydrogens (tertiary/aromatic N) is 4. The zero-order valence-electron chi connectivity index (χ0n) is 14.7. The van der Waals surface area contributed by atoms with Gasteiger partial charge in [-0.25, -0.2) is 0 Å². The number of carbonyl (C=O) groups excluding carboxylic acids is 1. The van der Waals surface area contributed by atoms with E-state index in [1.807, 2.05) is 23.9 Å². The largest absolute Gasteiger partial charge is 0.444 e. The third-order valence-electron chi connectivity index (χ3n) is 4.80. The molecule has 0 spiro atoms. The highest BCUT2D eigenvalue weighted by Gasteiger charge is 2.26. The van der Waals surface area contributed by atoms with Gasteiger partial charge in [-0.2, -0.15) is 10.4 Å². The minimum absolute atomic E-state index is 0.155. The molecule has 1 atom stereocenters. The molecule has 25 heavy (non-hydrogen) atoms. The average Bonchev–Trinajstić information content (AvgIpc) is 3.18. The minimum Gasteiger partial charge on any atom is -0.444 e. The summed E-state index contributed by atoms with van der Waals surface area (Å²) in [6, 6.07) is 4.29. The van der Waals surface area contributed by atoms with E-state index in [1.165, 1.54) is 6.42 Å². The standard InChI is InChI=1S/C18H23N5O2/c1-13-14(2)25-18(16(13)10-19)21-17(24)12-22-8-4-3-6-15(22)11-23-9-5-7-20-23/h5,7,9,15H,3-4,6,8,11-12H2,1-2H3,(H,21,24). The molecule has 7 heteroatoms. The first-order chi connectivity index (χ1) is 12.1. The summed E-state index contributed by atoms with van der Waals surface area (Å²) in [5, 5.41) is 16.3. The molecule has 7 nitrogen and oxygen atoms in total. The monoisotopic (exact) mass is 341 g/mol. The summed E-state index contributed by atoms with van der Waals surface area (Å²) in [5.41, 5.74) is 1.17. The maximum Gasteiger partial charge on any atom is 0.240 e. The van der Waals surface area contributed by atoms with Gasteiger partial charge < -0.3 is 4.42 Å². The molecule has 3 heterocycles. The Kier molecular flexibility index (Phi) is 5.19. The van der Waals surface area contributed by atoms with E-state index in [0.717, 1.165) is 31.5 Å². The van der Waals surface area contributed by atoms with Gasteiger partial charge in [0, 0.05) is 24.0 Å². The molecular weight excluding hydrogens is 318 g/mol. The molecule has 1 fully saturated rings. The zero-order valence-corrected chi connectivity index (χ0v) is 14.7. The van der Waals surface area contributed by atoms with E-state index < -0.39 is 0 Å². The molecule has 0 saturated carbocycles. The lowest BCUT2D eigenvalue weighted by Gasteiger charge is -2.35. The Balaban J connectivity index is 1.64. The van der Waals surface area contributed by atoms with Gasteiger partial charge in [0.15, 0.2) is 0 Å². The summed E-state index contributed by atoms with van der Waals surface area (Å²) < 4.78 is 7.43. The Morgan fingerprint density at radius 1 is 1.48 bits per heavy atom. The fraction of sp³-hybridized carbons (Fsp3) is 0.500. The molecule has 1 saturated heterocycles. The predicted molar refractivity (Wildman–Crippen MR) is 93.0 cm³/mol. The lowest BCUT2D eigenvalue weighted by Crippen LogP contribution is -2.46. The maximum absolute atomic E-state index is 12.5. The summed E-state index contributed by atoms with van der Waals surface area (Å²) in [5.74, 6) is 0.752. The number of aromatic nitrogens is 2. The van der Waals surface area contributed by atoms with Gasteiger partial charge in [0.2, 0.25) is 11.8 Å². The fourth-order valence-corrected chi connectivity index (χ4v) is 3.30. The number of hydrogen-bond acceptors (Lipinski definition) is 5. The molecule has 1 unspecified atom stereocenters. The van der Waals surface area contributed by atoms with Crippen molar-refractivity contribution in [3.05, 3.63) is 35.3 Å². The third-order valence-corrected chi connectivity index (χ3v) is 4.80. The van der Waals surface area contributed by atoms with Crippen LogP contribution in [0.2, 0.25) is 0 Å². The molecule has 2 aromatic heterocycles. The van der Waals surface area contributed by atoms with Crippen molar-refractivity contribution < 1.29 is 9.21 Å². The van der Waals surface area contributed by atoms with Crippen molar-refractivity contribution >= 4 is 11.8 Å². The molecule has 0 radical (unpaired) electrons. The summed E-state index contributed by atoms with van der Waals surface area (Å²) in [7, 11) is 0.